The van der Waals surface area contributed by atoms with Crippen LogP contribution in [0.25, 0.3) is 0 Å². The number of hydrogen-bond acceptors (Lipinski definition) is 5. The number of anilines is 2. The van der Waals surface area contributed by atoms with Gasteiger partial charge in [0.1, 0.15) is 12.1 Å². The molecule has 0 atom stereocenters. The van der Waals surface area contributed by atoms with Crippen molar-refractivity contribution in [3.8, 4) is 0 Å². The summed E-state index contributed by atoms with van der Waals surface area (Å²) in [7, 11) is 0. The van der Waals surface area contributed by atoms with Crippen LogP contribution in [0, 0.1) is 5.82 Å². The molecular weight excluding hydrogens is 305 g/mol. The van der Waals surface area contributed by atoms with Crippen LogP contribution in [0.1, 0.15) is 49.3 Å². The summed E-state index contributed by atoms with van der Waals surface area (Å²) in [4.78, 5) is 15.0. The smallest absolute Gasteiger partial charge is 0.187 e. The van der Waals surface area contributed by atoms with Gasteiger partial charge in [0.25, 0.3) is 0 Å². The second-order valence-electron chi connectivity index (χ2n) is 6.62. The molecule has 0 radical (unpaired) electrons. The van der Waals surface area contributed by atoms with Crippen molar-refractivity contribution in [1.82, 2.24) is 15.0 Å². The van der Waals surface area contributed by atoms with Crippen LogP contribution < -0.4 is 10.2 Å². The lowest BCUT2D eigenvalue weighted by Crippen LogP contribution is -2.19. The van der Waals surface area contributed by atoms with E-state index in [1.807, 2.05) is 12.3 Å². The molecule has 2 aromatic rings. The third-order valence-corrected chi connectivity index (χ3v) is 5.01. The molecule has 2 aromatic heterocycles. The van der Waals surface area contributed by atoms with E-state index in [2.05, 4.69) is 31.2 Å². The topological polar surface area (TPSA) is 53.9 Å². The molecule has 24 heavy (non-hydrogen) atoms. The first kappa shape index (κ1) is 15.3. The van der Waals surface area contributed by atoms with Gasteiger partial charge in [-0.3, -0.25) is 0 Å². The van der Waals surface area contributed by atoms with Crippen LogP contribution in [0.3, 0.4) is 0 Å². The van der Waals surface area contributed by atoms with Crippen LogP contribution in [0.15, 0.2) is 24.7 Å². The molecule has 3 heterocycles. The summed E-state index contributed by atoms with van der Waals surface area (Å²) in [5, 5.41) is 3.12. The lowest BCUT2D eigenvalue weighted by Gasteiger charge is -2.25. The molecule has 6 heteroatoms. The zero-order valence-corrected chi connectivity index (χ0v) is 13.7. The van der Waals surface area contributed by atoms with Crippen LogP contribution in [-0.4, -0.2) is 28.0 Å². The van der Waals surface area contributed by atoms with Crippen LogP contribution in [0.2, 0.25) is 0 Å². The van der Waals surface area contributed by atoms with Gasteiger partial charge in [0.15, 0.2) is 11.6 Å². The minimum Gasteiger partial charge on any atom is -0.363 e. The van der Waals surface area contributed by atoms with Gasteiger partial charge in [-0.05, 0) is 43.4 Å². The lowest BCUT2D eigenvalue weighted by molar-refractivity contribution is 0.393. The molecule has 0 amide bonds. The van der Waals surface area contributed by atoms with Crippen LogP contribution in [0.4, 0.5) is 16.0 Å². The Morgan fingerprint density at radius 3 is 2.71 bits per heavy atom. The van der Waals surface area contributed by atoms with Gasteiger partial charge in [-0.2, -0.15) is 0 Å². The van der Waals surface area contributed by atoms with E-state index < -0.39 is 0 Å². The third-order valence-electron chi connectivity index (χ3n) is 5.01. The molecule has 1 saturated carbocycles. The van der Waals surface area contributed by atoms with Crippen LogP contribution in [0.5, 0.6) is 0 Å². The lowest BCUT2D eigenvalue weighted by atomic mass is 9.82. The predicted molar refractivity (Wildman–Crippen MR) is 91.6 cm³/mol. The van der Waals surface area contributed by atoms with Gasteiger partial charge in [-0.1, -0.05) is 6.42 Å². The SMILES string of the molecule is Fc1c(NCc2ccnc(N3CCCC3)c2)ncnc1C1CCC1. The molecule has 4 rings (SSSR count). The van der Waals surface area contributed by atoms with Crippen molar-refractivity contribution in [3.05, 3.63) is 41.7 Å². The molecule has 1 saturated heterocycles. The Hall–Kier alpha value is -2.24. The van der Waals surface area contributed by atoms with E-state index in [9.17, 15) is 4.39 Å². The first-order valence-electron chi connectivity index (χ1n) is 8.75. The quantitative estimate of drug-likeness (QED) is 0.911. The Labute approximate surface area is 141 Å². The Morgan fingerprint density at radius 1 is 1.12 bits per heavy atom. The first-order valence-corrected chi connectivity index (χ1v) is 8.75. The molecule has 0 unspecified atom stereocenters. The summed E-state index contributed by atoms with van der Waals surface area (Å²) in [6.07, 6.45) is 8.93. The molecule has 0 spiro atoms. The van der Waals surface area contributed by atoms with Crippen molar-refractivity contribution in [3.63, 3.8) is 0 Å². The van der Waals surface area contributed by atoms with E-state index in [-0.39, 0.29) is 11.7 Å². The van der Waals surface area contributed by atoms with Crippen molar-refractivity contribution < 1.29 is 4.39 Å². The average Bonchev–Trinajstić information content (AvgIpc) is 3.09. The third kappa shape index (κ3) is 3.05. The monoisotopic (exact) mass is 327 g/mol. The highest BCUT2D eigenvalue weighted by Crippen LogP contribution is 2.37. The second kappa shape index (κ2) is 6.71. The largest absolute Gasteiger partial charge is 0.363 e. The van der Waals surface area contributed by atoms with Crippen molar-refractivity contribution in [2.24, 2.45) is 0 Å². The van der Waals surface area contributed by atoms with Gasteiger partial charge in [-0.15, -0.1) is 0 Å². The molecule has 5 nitrogen and oxygen atoms in total. The van der Waals surface area contributed by atoms with Crippen LogP contribution in [-0.2, 0) is 6.54 Å². The van der Waals surface area contributed by atoms with Crippen molar-refractivity contribution >= 4 is 11.6 Å². The fraction of sp³-hybridized carbons (Fsp3) is 0.500. The molecule has 1 aliphatic carbocycles. The van der Waals surface area contributed by atoms with Gasteiger partial charge < -0.3 is 10.2 Å². The Bertz CT molecular complexity index is 710. The molecule has 1 aliphatic heterocycles. The van der Waals surface area contributed by atoms with Gasteiger partial charge in [0.05, 0.1) is 5.69 Å². The number of pyridine rings is 1. The summed E-state index contributed by atoms with van der Waals surface area (Å²) in [5.74, 6) is 1.27. The Kier molecular flexibility index (Phi) is 4.28. The maximum atomic E-state index is 14.6. The minimum atomic E-state index is -0.295. The van der Waals surface area contributed by atoms with Gasteiger partial charge in [-0.25, -0.2) is 19.3 Å². The zero-order valence-electron chi connectivity index (χ0n) is 13.7. The number of rotatable bonds is 5. The summed E-state index contributed by atoms with van der Waals surface area (Å²) in [6, 6.07) is 4.03. The number of hydrogen-bond donors (Lipinski definition) is 1. The van der Waals surface area contributed by atoms with Crippen LogP contribution >= 0.6 is 0 Å². The van der Waals surface area contributed by atoms with Crippen molar-refractivity contribution in [1.29, 1.82) is 0 Å². The predicted octanol–water partition coefficient (Wildman–Crippen LogP) is 3.49. The fourth-order valence-electron chi connectivity index (χ4n) is 3.35. The normalized spacial score (nSPS) is 17.8. The van der Waals surface area contributed by atoms with E-state index >= 15 is 0 Å². The van der Waals surface area contributed by atoms with Gasteiger partial charge >= 0.3 is 0 Å². The van der Waals surface area contributed by atoms with Gasteiger partial charge in [0, 0.05) is 31.7 Å². The molecule has 0 aromatic carbocycles. The highest BCUT2D eigenvalue weighted by atomic mass is 19.1. The maximum Gasteiger partial charge on any atom is 0.187 e. The second-order valence-corrected chi connectivity index (χ2v) is 6.62. The number of halogens is 1. The zero-order chi connectivity index (χ0) is 16.4. The molecule has 2 aliphatic rings. The molecule has 126 valence electrons. The molecule has 2 fully saturated rings. The van der Waals surface area contributed by atoms with E-state index in [4.69, 9.17) is 0 Å². The molecular formula is C18H22FN5. The highest BCUT2D eigenvalue weighted by molar-refractivity contribution is 5.44. The minimum absolute atomic E-state index is 0.260. The molecule has 0 bridgehead atoms. The van der Waals surface area contributed by atoms with Gasteiger partial charge in [0.2, 0.25) is 0 Å². The fourth-order valence-corrected chi connectivity index (χ4v) is 3.35. The van der Waals surface area contributed by atoms with E-state index in [1.165, 1.54) is 19.2 Å². The highest BCUT2D eigenvalue weighted by Gasteiger charge is 2.25. The van der Waals surface area contributed by atoms with E-state index in [0.29, 0.717) is 18.1 Å². The summed E-state index contributed by atoms with van der Waals surface area (Å²) < 4.78 is 14.6. The number of nitrogens with one attached hydrogen (secondary N) is 1. The summed E-state index contributed by atoms with van der Waals surface area (Å²) >= 11 is 0. The summed E-state index contributed by atoms with van der Waals surface area (Å²) in [5.41, 5.74) is 1.64. The average molecular weight is 327 g/mol. The number of aromatic nitrogens is 3. The Balaban J connectivity index is 1.46. The summed E-state index contributed by atoms with van der Waals surface area (Å²) in [6.45, 7) is 2.66. The molecule has 1 N–H and O–H groups in total. The van der Waals surface area contributed by atoms with Crippen molar-refractivity contribution in [2.45, 2.75) is 44.6 Å². The van der Waals surface area contributed by atoms with Crippen molar-refractivity contribution in [2.75, 3.05) is 23.3 Å². The number of nitrogens with zero attached hydrogens (tertiary/aromatic N) is 4. The maximum absolute atomic E-state index is 14.6. The Morgan fingerprint density at radius 2 is 1.96 bits per heavy atom. The first-order chi connectivity index (χ1) is 11.8. The standard InChI is InChI=1S/C18H22FN5/c19-16-17(14-4-3-5-14)22-12-23-18(16)21-11-13-6-7-20-15(10-13)24-8-1-2-9-24/h6-7,10,12,14H,1-5,8-9,11H2,(H,21,22,23). The van der Waals surface area contributed by atoms with E-state index in [1.54, 1.807) is 0 Å². The van der Waals surface area contributed by atoms with E-state index in [0.717, 1.165) is 43.7 Å².